The lowest BCUT2D eigenvalue weighted by Crippen LogP contribution is -2.21. The van der Waals surface area contributed by atoms with Gasteiger partial charge in [0, 0.05) is 23.2 Å². The Morgan fingerprint density at radius 3 is 2.48 bits per heavy atom. The van der Waals surface area contributed by atoms with E-state index in [1.165, 1.54) is 35.0 Å². The molecular formula is C21H20FN3O2. The van der Waals surface area contributed by atoms with Gasteiger partial charge in [0.25, 0.3) is 5.56 Å². The normalized spacial score (nSPS) is 10.9. The van der Waals surface area contributed by atoms with Crippen molar-refractivity contribution < 1.29 is 9.18 Å². The Morgan fingerprint density at radius 1 is 1.11 bits per heavy atom. The minimum Gasteiger partial charge on any atom is -0.326 e. The molecule has 0 unspecified atom stereocenters. The maximum absolute atomic E-state index is 13.1. The number of halogens is 1. The average molecular weight is 365 g/mol. The van der Waals surface area contributed by atoms with E-state index in [0.717, 1.165) is 5.56 Å². The van der Waals surface area contributed by atoms with E-state index in [4.69, 9.17) is 0 Å². The van der Waals surface area contributed by atoms with Gasteiger partial charge in [-0.05, 0) is 48.9 Å². The maximum atomic E-state index is 13.1. The van der Waals surface area contributed by atoms with Crippen LogP contribution in [0.4, 0.5) is 10.1 Å². The van der Waals surface area contributed by atoms with E-state index < -0.39 is 0 Å². The van der Waals surface area contributed by atoms with Gasteiger partial charge in [-0.2, -0.15) is 9.78 Å². The van der Waals surface area contributed by atoms with E-state index in [0.29, 0.717) is 22.6 Å². The van der Waals surface area contributed by atoms with E-state index in [1.807, 2.05) is 32.0 Å². The molecule has 0 radical (unpaired) electrons. The van der Waals surface area contributed by atoms with Gasteiger partial charge < -0.3 is 5.32 Å². The van der Waals surface area contributed by atoms with Crippen molar-refractivity contribution in [3.05, 3.63) is 76.5 Å². The summed E-state index contributed by atoms with van der Waals surface area (Å²) in [5, 5.41) is 7.21. The van der Waals surface area contributed by atoms with Crippen LogP contribution in [0.25, 0.3) is 16.8 Å². The van der Waals surface area contributed by atoms with E-state index in [2.05, 4.69) is 10.4 Å². The molecule has 138 valence electrons. The van der Waals surface area contributed by atoms with Crippen LogP contribution in [-0.2, 0) is 4.79 Å². The van der Waals surface area contributed by atoms with Gasteiger partial charge in [0.05, 0.1) is 11.4 Å². The fourth-order valence-corrected chi connectivity index (χ4v) is 2.65. The largest absolute Gasteiger partial charge is 0.326 e. The summed E-state index contributed by atoms with van der Waals surface area (Å²) in [5.41, 5.74) is 2.94. The zero-order chi connectivity index (χ0) is 19.6. The van der Waals surface area contributed by atoms with Crippen molar-refractivity contribution in [2.45, 2.75) is 20.8 Å². The molecule has 0 saturated carbocycles. The van der Waals surface area contributed by atoms with Crippen LogP contribution in [0.15, 0.2) is 59.4 Å². The Kier molecular flexibility index (Phi) is 5.16. The molecule has 1 aromatic heterocycles. The Balaban J connectivity index is 1.98. The van der Waals surface area contributed by atoms with Gasteiger partial charge in [0.15, 0.2) is 0 Å². The number of carbonyl (C=O) groups is 1. The summed E-state index contributed by atoms with van der Waals surface area (Å²) in [7, 11) is 0. The second-order valence-electron chi connectivity index (χ2n) is 6.59. The van der Waals surface area contributed by atoms with Crippen molar-refractivity contribution in [3.63, 3.8) is 0 Å². The number of carbonyl (C=O) groups excluding carboxylic acids is 1. The van der Waals surface area contributed by atoms with Crippen molar-refractivity contribution in [3.8, 4) is 16.8 Å². The lowest BCUT2D eigenvalue weighted by molar-refractivity contribution is -0.118. The topological polar surface area (TPSA) is 64.0 Å². The third kappa shape index (κ3) is 4.11. The first kappa shape index (κ1) is 18.5. The van der Waals surface area contributed by atoms with Crippen LogP contribution in [0.5, 0.6) is 0 Å². The molecule has 0 atom stereocenters. The number of hydrogen-bond acceptors (Lipinski definition) is 3. The number of nitrogens with zero attached hydrogens (tertiary/aromatic N) is 2. The van der Waals surface area contributed by atoms with Crippen molar-refractivity contribution in [2.75, 3.05) is 5.32 Å². The van der Waals surface area contributed by atoms with Gasteiger partial charge in [0.2, 0.25) is 5.91 Å². The highest BCUT2D eigenvalue weighted by molar-refractivity contribution is 5.92. The first-order chi connectivity index (χ1) is 12.8. The Labute approximate surface area is 156 Å². The molecule has 1 amide bonds. The van der Waals surface area contributed by atoms with E-state index >= 15 is 0 Å². The molecular weight excluding hydrogens is 345 g/mol. The van der Waals surface area contributed by atoms with Crippen LogP contribution in [-0.4, -0.2) is 15.7 Å². The molecule has 0 aliphatic carbocycles. The smallest absolute Gasteiger partial charge is 0.272 e. The highest BCUT2D eigenvalue weighted by Crippen LogP contribution is 2.24. The van der Waals surface area contributed by atoms with Gasteiger partial charge in [-0.3, -0.25) is 9.59 Å². The molecule has 1 heterocycles. The minimum atomic E-state index is -0.375. The zero-order valence-corrected chi connectivity index (χ0v) is 15.4. The maximum Gasteiger partial charge on any atom is 0.272 e. The molecule has 27 heavy (non-hydrogen) atoms. The molecule has 0 fully saturated rings. The monoisotopic (exact) mass is 365 g/mol. The number of aryl methyl sites for hydroxylation is 1. The molecule has 2 aromatic carbocycles. The average Bonchev–Trinajstić information content (AvgIpc) is 2.64. The summed E-state index contributed by atoms with van der Waals surface area (Å²) in [6, 6.07) is 14.4. The Morgan fingerprint density at radius 2 is 1.81 bits per heavy atom. The predicted octanol–water partition coefficient (Wildman–Crippen LogP) is 3.94. The fraction of sp³-hybridized carbons (Fsp3) is 0.190. The van der Waals surface area contributed by atoms with Crippen molar-refractivity contribution in [1.82, 2.24) is 9.78 Å². The van der Waals surface area contributed by atoms with E-state index in [9.17, 15) is 14.0 Å². The van der Waals surface area contributed by atoms with Gasteiger partial charge in [-0.25, -0.2) is 4.39 Å². The molecule has 0 aliphatic heterocycles. The summed E-state index contributed by atoms with van der Waals surface area (Å²) in [5.74, 6) is -0.578. The molecule has 5 nitrogen and oxygen atoms in total. The summed E-state index contributed by atoms with van der Waals surface area (Å²) in [6.07, 6.45) is 0. The molecule has 0 saturated heterocycles. The second-order valence-corrected chi connectivity index (χ2v) is 6.59. The van der Waals surface area contributed by atoms with Gasteiger partial charge >= 0.3 is 0 Å². The van der Waals surface area contributed by atoms with Crippen LogP contribution in [0, 0.1) is 18.7 Å². The van der Waals surface area contributed by atoms with Crippen LogP contribution in [0.3, 0.4) is 0 Å². The molecule has 1 N–H and O–H groups in total. The SMILES string of the molecule is Cc1nn(-c2ccc(F)cc2)c(=O)cc1-c1cccc(NC(=O)C(C)C)c1. The molecule has 0 aliphatic rings. The molecule has 3 aromatic rings. The quantitative estimate of drug-likeness (QED) is 0.762. The molecule has 3 rings (SSSR count). The lowest BCUT2D eigenvalue weighted by atomic mass is 10.0. The fourth-order valence-electron chi connectivity index (χ4n) is 2.65. The van der Waals surface area contributed by atoms with Crippen molar-refractivity contribution in [1.29, 1.82) is 0 Å². The van der Waals surface area contributed by atoms with Gasteiger partial charge in [0.1, 0.15) is 5.82 Å². The van der Waals surface area contributed by atoms with Crippen molar-refractivity contribution in [2.24, 2.45) is 5.92 Å². The summed E-state index contributed by atoms with van der Waals surface area (Å²) in [4.78, 5) is 24.4. The summed E-state index contributed by atoms with van der Waals surface area (Å²) >= 11 is 0. The second kappa shape index (κ2) is 7.53. The van der Waals surface area contributed by atoms with E-state index in [1.54, 1.807) is 13.0 Å². The molecule has 0 bridgehead atoms. The zero-order valence-electron chi connectivity index (χ0n) is 15.4. The third-order valence-corrected chi connectivity index (χ3v) is 4.15. The number of hydrogen-bond donors (Lipinski definition) is 1. The standard InChI is InChI=1S/C21H20FN3O2/c1-13(2)21(27)23-17-6-4-5-15(11-17)19-12-20(26)25(24-14(19)3)18-9-7-16(22)8-10-18/h4-13H,1-3H3,(H,23,27). The molecule has 6 heteroatoms. The number of nitrogens with one attached hydrogen (secondary N) is 1. The van der Waals surface area contributed by atoms with Crippen molar-refractivity contribution >= 4 is 11.6 Å². The molecule has 0 spiro atoms. The van der Waals surface area contributed by atoms with E-state index in [-0.39, 0.29) is 23.2 Å². The number of anilines is 1. The minimum absolute atomic E-state index is 0.0753. The van der Waals surface area contributed by atoms with Crippen LogP contribution >= 0.6 is 0 Å². The predicted molar refractivity (Wildman–Crippen MR) is 103 cm³/mol. The third-order valence-electron chi connectivity index (χ3n) is 4.15. The highest BCUT2D eigenvalue weighted by Gasteiger charge is 2.11. The first-order valence-corrected chi connectivity index (χ1v) is 8.63. The number of benzene rings is 2. The Hall–Kier alpha value is -3.28. The number of rotatable bonds is 4. The van der Waals surface area contributed by atoms with Crippen LogP contribution < -0.4 is 10.9 Å². The lowest BCUT2D eigenvalue weighted by Gasteiger charge is -2.12. The summed E-state index contributed by atoms with van der Waals surface area (Å²) < 4.78 is 14.3. The summed E-state index contributed by atoms with van der Waals surface area (Å²) in [6.45, 7) is 5.44. The van der Waals surface area contributed by atoms with Gasteiger partial charge in [-0.1, -0.05) is 26.0 Å². The van der Waals surface area contributed by atoms with Crippen LogP contribution in [0.2, 0.25) is 0 Å². The number of amides is 1. The first-order valence-electron chi connectivity index (χ1n) is 8.63. The van der Waals surface area contributed by atoms with Gasteiger partial charge in [-0.15, -0.1) is 0 Å². The number of aromatic nitrogens is 2. The Bertz CT molecular complexity index is 1040. The van der Waals surface area contributed by atoms with Crippen LogP contribution in [0.1, 0.15) is 19.5 Å². The highest BCUT2D eigenvalue weighted by atomic mass is 19.1.